The maximum atomic E-state index is 13.3. The van der Waals surface area contributed by atoms with Gasteiger partial charge in [-0.15, -0.1) is 0 Å². The molecule has 3 aromatic carbocycles. The molecular formula is C23H17FN4O. The van der Waals surface area contributed by atoms with E-state index < -0.39 is 0 Å². The van der Waals surface area contributed by atoms with Gasteiger partial charge >= 0.3 is 0 Å². The van der Waals surface area contributed by atoms with Crippen molar-refractivity contribution >= 4 is 12.2 Å². The summed E-state index contributed by atoms with van der Waals surface area (Å²) >= 11 is 0. The molecule has 0 atom stereocenters. The van der Waals surface area contributed by atoms with E-state index in [9.17, 15) is 9.50 Å². The van der Waals surface area contributed by atoms with Crippen LogP contribution in [0.4, 0.5) is 10.3 Å². The SMILES string of the molecule is Oc1ccc(/C=N/Nc2nc(-c3ccccc3)cc(-c3ccc(F)cc3)n2)cc1. The molecule has 0 saturated carbocycles. The van der Waals surface area contributed by atoms with Gasteiger partial charge in [0.1, 0.15) is 11.6 Å². The molecule has 142 valence electrons. The van der Waals surface area contributed by atoms with Gasteiger partial charge in [0.25, 0.3) is 0 Å². The summed E-state index contributed by atoms with van der Waals surface area (Å²) in [6.45, 7) is 0. The van der Waals surface area contributed by atoms with Crippen molar-refractivity contribution in [2.45, 2.75) is 0 Å². The van der Waals surface area contributed by atoms with E-state index in [1.807, 2.05) is 36.4 Å². The largest absolute Gasteiger partial charge is 0.508 e. The third-order valence-electron chi connectivity index (χ3n) is 4.21. The van der Waals surface area contributed by atoms with Crippen molar-refractivity contribution in [3.05, 3.63) is 96.3 Å². The van der Waals surface area contributed by atoms with Crippen molar-refractivity contribution in [3.8, 4) is 28.3 Å². The molecule has 2 N–H and O–H groups in total. The summed E-state index contributed by atoms with van der Waals surface area (Å²) in [6, 6.07) is 24.4. The van der Waals surface area contributed by atoms with Crippen LogP contribution in [0.25, 0.3) is 22.5 Å². The summed E-state index contributed by atoms with van der Waals surface area (Å²) in [7, 11) is 0. The Morgan fingerprint density at radius 1 is 0.793 bits per heavy atom. The normalized spacial score (nSPS) is 10.9. The van der Waals surface area contributed by atoms with E-state index in [2.05, 4.69) is 20.5 Å². The zero-order valence-electron chi connectivity index (χ0n) is 15.3. The molecule has 0 aliphatic carbocycles. The van der Waals surface area contributed by atoms with Gasteiger partial charge in [-0.1, -0.05) is 30.3 Å². The van der Waals surface area contributed by atoms with Crippen LogP contribution in [0.5, 0.6) is 5.75 Å². The zero-order chi connectivity index (χ0) is 20.1. The minimum atomic E-state index is -0.303. The molecule has 6 heteroatoms. The van der Waals surface area contributed by atoms with E-state index in [1.165, 1.54) is 12.1 Å². The molecular weight excluding hydrogens is 367 g/mol. The van der Waals surface area contributed by atoms with Crippen LogP contribution in [0.1, 0.15) is 5.56 Å². The van der Waals surface area contributed by atoms with Gasteiger partial charge in [-0.3, -0.25) is 0 Å². The number of aromatic nitrogens is 2. The van der Waals surface area contributed by atoms with Gasteiger partial charge < -0.3 is 5.11 Å². The standard InChI is InChI=1S/C23H17FN4O/c24-19-10-8-18(9-11-19)22-14-21(17-4-2-1-3-5-17)26-23(27-22)28-25-15-16-6-12-20(29)13-7-16/h1-15,29H,(H,26,27,28)/b25-15+. The van der Waals surface area contributed by atoms with Gasteiger partial charge in [-0.25, -0.2) is 19.8 Å². The molecule has 1 aromatic heterocycles. The number of rotatable bonds is 5. The molecule has 0 amide bonds. The smallest absolute Gasteiger partial charge is 0.244 e. The van der Waals surface area contributed by atoms with Crippen molar-refractivity contribution < 1.29 is 9.50 Å². The number of aromatic hydroxyl groups is 1. The summed E-state index contributed by atoms with van der Waals surface area (Å²) in [5, 5.41) is 13.5. The number of benzene rings is 3. The number of halogens is 1. The Kier molecular flexibility index (Phi) is 5.25. The van der Waals surface area contributed by atoms with Gasteiger partial charge in [0.05, 0.1) is 17.6 Å². The van der Waals surface area contributed by atoms with Crippen LogP contribution in [-0.4, -0.2) is 21.3 Å². The second-order valence-electron chi connectivity index (χ2n) is 6.30. The molecule has 0 bridgehead atoms. The molecule has 0 spiro atoms. The first kappa shape index (κ1) is 18.3. The Balaban J connectivity index is 1.67. The zero-order valence-corrected chi connectivity index (χ0v) is 15.3. The fraction of sp³-hybridized carbons (Fsp3) is 0. The van der Waals surface area contributed by atoms with Crippen LogP contribution in [0.3, 0.4) is 0 Å². The third-order valence-corrected chi connectivity index (χ3v) is 4.21. The Morgan fingerprint density at radius 2 is 1.41 bits per heavy atom. The van der Waals surface area contributed by atoms with E-state index in [-0.39, 0.29) is 11.6 Å². The molecule has 0 unspecified atom stereocenters. The number of anilines is 1. The number of phenolic OH excluding ortho intramolecular Hbond substituents is 1. The lowest BCUT2D eigenvalue weighted by atomic mass is 10.1. The topological polar surface area (TPSA) is 70.4 Å². The third kappa shape index (κ3) is 4.62. The van der Waals surface area contributed by atoms with Crippen molar-refractivity contribution in [1.29, 1.82) is 0 Å². The summed E-state index contributed by atoms with van der Waals surface area (Å²) in [5.41, 5.74) is 6.75. The van der Waals surface area contributed by atoms with Gasteiger partial charge in [0.15, 0.2) is 0 Å². The summed E-state index contributed by atoms with van der Waals surface area (Å²) in [4.78, 5) is 9.05. The molecule has 1 heterocycles. The molecule has 0 fully saturated rings. The minimum Gasteiger partial charge on any atom is -0.508 e. The van der Waals surface area contributed by atoms with Gasteiger partial charge in [0, 0.05) is 11.1 Å². The number of nitrogens with zero attached hydrogens (tertiary/aromatic N) is 3. The highest BCUT2D eigenvalue weighted by Crippen LogP contribution is 2.25. The Hall–Kier alpha value is -4.06. The first-order valence-electron chi connectivity index (χ1n) is 8.96. The summed E-state index contributed by atoms with van der Waals surface area (Å²) in [5.74, 6) is 0.210. The van der Waals surface area contributed by atoms with Crippen molar-refractivity contribution in [2.75, 3.05) is 5.43 Å². The first-order chi connectivity index (χ1) is 14.2. The Labute approximate surface area is 167 Å². The molecule has 5 nitrogen and oxygen atoms in total. The monoisotopic (exact) mass is 384 g/mol. The molecule has 29 heavy (non-hydrogen) atoms. The van der Waals surface area contributed by atoms with E-state index in [1.54, 1.807) is 42.6 Å². The van der Waals surface area contributed by atoms with Crippen LogP contribution < -0.4 is 5.43 Å². The molecule has 0 radical (unpaired) electrons. The van der Waals surface area contributed by atoms with Crippen molar-refractivity contribution in [1.82, 2.24) is 9.97 Å². The second-order valence-corrected chi connectivity index (χ2v) is 6.30. The molecule has 4 rings (SSSR count). The fourth-order valence-electron chi connectivity index (χ4n) is 2.75. The molecule has 0 aliphatic rings. The van der Waals surface area contributed by atoms with Crippen molar-refractivity contribution in [2.24, 2.45) is 5.10 Å². The average Bonchev–Trinajstić information content (AvgIpc) is 2.76. The lowest BCUT2D eigenvalue weighted by molar-refractivity contribution is 0.475. The highest BCUT2D eigenvalue weighted by molar-refractivity contribution is 5.80. The predicted octanol–water partition coefficient (Wildman–Crippen LogP) is 5.10. The Bertz CT molecular complexity index is 1130. The number of hydrogen-bond donors (Lipinski definition) is 2. The van der Waals surface area contributed by atoms with E-state index in [0.717, 1.165) is 22.4 Å². The van der Waals surface area contributed by atoms with Gasteiger partial charge in [-0.2, -0.15) is 5.10 Å². The van der Waals surface area contributed by atoms with E-state index in [4.69, 9.17) is 0 Å². The highest BCUT2D eigenvalue weighted by Gasteiger charge is 2.08. The molecule has 0 aliphatic heterocycles. The quantitative estimate of drug-likeness (QED) is 0.371. The maximum absolute atomic E-state index is 13.3. The fourth-order valence-corrected chi connectivity index (χ4v) is 2.75. The minimum absolute atomic E-state index is 0.193. The molecule has 4 aromatic rings. The van der Waals surface area contributed by atoms with Gasteiger partial charge in [0.2, 0.25) is 5.95 Å². The lowest BCUT2D eigenvalue weighted by Gasteiger charge is -2.08. The van der Waals surface area contributed by atoms with Crippen LogP contribution in [0, 0.1) is 5.82 Å². The van der Waals surface area contributed by atoms with Crippen LogP contribution in [-0.2, 0) is 0 Å². The Morgan fingerprint density at radius 3 is 2.07 bits per heavy atom. The summed E-state index contributed by atoms with van der Waals surface area (Å²) in [6.07, 6.45) is 1.61. The lowest BCUT2D eigenvalue weighted by Crippen LogP contribution is -2.00. The molecule has 0 saturated heterocycles. The van der Waals surface area contributed by atoms with Gasteiger partial charge in [-0.05, 0) is 60.2 Å². The van der Waals surface area contributed by atoms with Crippen LogP contribution in [0.2, 0.25) is 0 Å². The first-order valence-corrected chi connectivity index (χ1v) is 8.96. The summed E-state index contributed by atoms with van der Waals surface area (Å²) < 4.78 is 13.3. The second kappa shape index (κ2) is 8.31. The number of phenols is 1. The van der Waals surface area contributed by atoms with Crippen LogP contribution >= 0.6 is 0 Å². The average molecular weight is 384 g/mol. The van der Waals surface area contributed by atoms with E-state index in [0.29, 0.717) is 11.6 Å². The highest BCUT2D eigenvalue weighted by atomic mass is 19.1. The van der Waals surface area contributed by atoms with Crippen LogP contribution in [0.15, 0.2) is 90.0 Å². The maximum Gasteiger partial charge on any atom is 0.244 e. The number of hydrazone groups is 1. The number of hydrogen-bond acceptors (Lipinski definition) is 5. The van der Waals surface area contributed by atoms with E-state index >= 15 is 0 Å². The predicted molar refractivity (Wildman–Crippen MR) is 112 cm³/mol. The van der Waals surface area contributed by atoms with Crippen molar-refractivity contribution in [3.63, 3.8) is 0 Å². The number of nitrogens with one attached hydrogen (secondary N) is 1.